The lowest BCUT2D eigenvalue weighted by Crippen LogP contribution is -2.59. The van der Waals surface area contributed by atoms with Crippen LogP contribution in [-0.2, 0) is 11.3 Å². The summed E-state index contributed by atoms with van der Waals surface area (Å²) in [6.45, 7) is 6.65. The molecule has 118 valence electrons. The van der Waals surface area contributed by atoms with E-state index in [-0.39, 0.29) is 11.6 Å². The number of hydrazine groups is 1. The summed E-state index contributed by atoms with van der Waals surface area (Å²) in [5, 5.41) is 4.43. The number of rotatable bonds is 5. The highest BCUT2D eigenvalue weighted by atomic mass is 16.5. The Labute approximate surface area is 126 Å². The molecule has 1 saturated carbocycles. The van der Waals surface area contributed by atoms with Crippen molar-refractivity contribution in [2.24, 2.45) is 5.84 Å². The molecule has 0 amide bonds. The first kappa shape index (κ1) is 15.0. The van der Waals surface area contributed by atoms with Crippen LogP contribution in [0.2, 0.25) is 0 Å². The van der Waals surface area contributed by atoms with Crippen LogP contribution >= 0.6 is 0 Å². The van der Waals surface area contributed by atoms with Crippen LogP contribution < -0.4 is 11.3 Å². The molecule has 1 aromatic heterocycles. The molecule has 21 heavy (non-hydrogen) atoms. The SMILES string of the molecule is CCn1nccc1C(NN)C1(N2CCOCC2)CCCC1. The third kappa shape index (κ3) is 2.61. The van der Waals surface area contributed by atoms with E-state index in [4.69, 9.17) is 10.6 Å². The number of hydrogen-bond acceptors (Lipinski definition) is 5. The molecular weight excluding hydrogens is 266 g/mol. The third-order valence-electron chi connectivity index (χ3n) is 5.16. The molecule has 0 radical (unpaired) electrons. The molecule has 1 unspecified atom stereocenters. The number of hydrogen-bond donors (Lipinski definition) is 2. The van der Waals surface area contributed by atoms with Crippen molar-refractivity contribution in [1.29, 1.82) is 0 Å². The Kier molecular flexibility index (Phi) is 4.59. The summed E-state index contributed by atoms with van der Waals surface area (Å²) in [7, 11) is 0. The lowest BCUT2D eigenvalue weighted by atomic mass is 9.84. The van der Waals surface area contributed by atoms with E-state index >= 15 is 0 Å². The highest BCUT2D eigenvalue weighted by Crippen LogP contribution is 2.44. The van der Waals surface area contributed by atoms with Gasteiger partial charge in [-0.3, -0.25) is 15.4 Å². The summed E-state index contributed by atoms with van der Waals surface area (Å²) in [6, 6.07) is 2.23. The van der Waals surface area contributed by atoms with Gasteiger partial charge in [0.1, 0.15) is 0 Å². The summed E-state index contributed by atoms with van der Waals surface area (Å²) >= 11 is 0. The molecule has 1 saturated heterocycles. The second kappa shape index (κ2) is 6.44. The zero-order chi connectivity index (χ0) is 14.7. The van der Waals surface area contributed by atoms with Gasteiger partial charge in [0.2, 0.25) is 0 Å². The Bertz CT molecular complexity index is 449. The topological polar surface area (TPSA) is 68.3 Å². The number of morpholine rings is 1. The van der Waals surface area contributed by atoms with Crippen molar-refractivity contribution in [3.05, 3.63) is 18.0 Å². The predicted octanol–water partition coefficient (Wildman–Crippen LogP) is 1.05. The standard InChI is InChI=1S/C15H27N5O/c1-2-20-13(5-8-17-20)14(18-16)15(6-3-4-7-15)19-9-11-21-12-10-19/h5,8,14,18H,2-4,6-7,9-12,16H2,1H3. The maximum atomic E-state index is 6.01. The van der Waals surface area contributed by atoms with Crippen LogP contribution in [0, 0.1) is 0 Å². The average molecular weight is 293 g/mol. The van der Waals surface area contributed by atoms with Gasteiger partial charge >= 0.3 is 0 Å². The fourth-order valence-electron chi connectivity index (χ4n) is 4.15. The van der Waals surface area contributed by atoms with Crippen LogP contribution in [0.1, 0.15) is 44.3 Å². The van der Waals surface area contributed by atoms with E-state index < -0.39 is 0 Å². The molecular formula is C15H27N5O. The fraction of sp³-hybridized carbons (Fsp3) is 0.800. The maximum absolute atomic E-state index is 6.01. The number of aromatic nitrogens is 2. The zero-order valence-electron chi connectivity index (χ0n) is 12.9. The number of aryl methyl sites for hydroxylation is 1. The van der Waals surface area contributed by atoms with Gasteiger partial charge in [0.15, 0.2) is 0 Å². The molecule has 0 aromatic carbocycles. The van der Waals surface area contributed by atoms with Crippen molar-refractivity contribution < 1.29 is 4.74 Å². The van der Waals surface area contributed by atoms with E-state index in [9.17, 15) is 0 Å². The molecule has 1 aliphatic heterocycles. The fourth-order valence-corrected chi connectivity index (χ4v) is 4.15. The molecule has 3 N–H and O–H groups in total. The monoisotopic (exact) mass is 293 g/mol. The molecule has 1 aliphatic carbocycles. The van der Waals surface area contributed by atoms with E-state index in [1.165, 1.54) is 31.4 Å². The Balaban J connectivity index is 1.94. The molecule has 6 heteroatoms. The molecule has 1 aromatic rings. The Hall–Kier alpha value is -0.950. The minimum Gasteiger partial charge on any atom is -0.379 e. The molecule has 0 bridgehead atoms. The Morgan fingerprint density at radius 3 is 2.71 bits per heavy atom. The van der Waals surface area contributed by atoms with Crippen LogP contribution in [0.25, 0.3) is 0 Å². The lowest BCUT2D eigenvalue weighted by molar-refractivity contribution is -0.0375. The van der Waals surface area contributed by atoms with E-state index in [0.717, 1.165) is 32.8 Å². The molecule has 2 aliphatic rings. The number of nitrogens with two attached hydrogens (primary N) is 1. The first-order valence-electron chi connectivity index (χ1n) is 8.12. The van der Waals surface area contributed by atoms with E-state index in [2.05, 4.69) is 33.1 Å². The van der Waals surface area contributed by atoms with Gasteiger partial charge in [-0.15, -0.1) is 0 Å². The van der Waals surface area contributed by atoms with Crippen molar-refractivity contribution in [3.8, 4) is 0 Å². The van der Waals surface area contributed by atoms with Crippen molar-refractivity contribution in [3.63, 3.8) is 0 Å². The summed E-state index contributed by atoms with van der Waals surface area (Å²) < 4.78 is 7.60. The van der Waals surface area contributed by atoms with Gasteiger partial charge < -0.3 is 4.74 Å². The van der Waals surface area contributed by atoms with Gasteiger partial charge in [0.25, 0.3) is 0 Å². The first-order valence-corrected chi connectivity index (χ1v) is 8.12. The minimum atomic E-state index is 0.103. The third-order valence-corrected chi connectivity index (χ3v) is 5.16. The normalized spacial score (nSPS) is 24.3. The predicted molar refractivity (Wildman–Crippen MR) is 81.6 cm³/mol. The van der Waals surface area contributed by atoms with Crippen molar-refractivity contribution in [2.45, 2.75) is 50.7 Å². The van der Waals surface area contributed by atoms with Gasteiger partial charge in [-0.2, -0.15) is 5.10 Å². The average Bonchev–Trinajstić information content (AvgIpc) is 3.19. The van der Waals surface area contributed by atoms with Gasteiger partial charge in [-0.25, -0.2) is 5.43 Å². The number of ether oxygens (including phenoxy) is 1. The van der Waals surface area contributed by atoms with E-state index in [1.807, 2.05) is 6.20 Å². The van der Waals surface area contributed by atoms with Crippen LogP contribution in [0.5, 0.6) is 0 Å². The van der Waals surface area contributed by atoms with Gasteiger partial charge in [0, 0.05) is 31.4 Å². The van der Waals surface area contributed by atoms with Crippen molar-refractivity contribution in [1.82, 2.24) is 20.1 Å². The summed E-state index contributed by atoms with van der Waals surface area (Å²) in [5.41, 5.74) is 4.42. The first-order chi connectivity index (χ1) is 10.3. The summed E-state index contributed by atoms with van der Waals surface area (Å²) in [4.78, 5) is 2.60. The molecule has 3 rings (SSSR count). The second-order valence-corrected chi connectivity index (χ2v) is 6.08. The highest BCUT2D eigenvalue weighted by Gasteiger charge is 2.47. The molecule has 2 fully saturated rings. The van der Waals surface area contributed by atoms with Crippen LogP contribution in [-0.4, -0.2) is 46.5 Å². The van der Waals surface area contributed by atoms with Gasteiger partial charge in [-0.1, -0.05) is 12.8 Å². The van der Waals surface area contributed by atoms with Gasteiger partial charge in [-0.05, 0) is 25.8 Å². The molecule has 0 spiro atoms. The van der Waals surface area contributed by atoms with Gasteiger partial charge in [0.05, 0.1) is 24.9 Å². The van der Waals surface area contributed by atoms with Crippen LogP contribution in [0.15, 0.2) is 12.3 Å². The quantitative estimate of drug-likeness (QED) is 0.627. The summed E-state index contributed by atoms with van der Waals surface area (Å²) in [5.74, 6) is 6.01. The maximum Gasteiger partial charge on any atom is 0.0812 e. The van der Waals surface area contributed by atoms with Crippen LogP contribution in [0.4, 0.5) is 0 Å². The largest absolute Gasteiger partial charge is 0.379 e. The molecule has 2 heterocycles. The second-order valence-electron chi connectivity index (χ2n) is 6.08. The van der Waals surface area contributed by atoms with Crippen molar-refractivity contribution in [2.75, 3.05) is 26.3 Å². The van der Waals surface area contributed by atoms with Crippen LogP contribution in [0.3, 0.4) is 0 Å². The molecule has 1 atom stereocenters. The highest BCUT2D eigenvalue weighted by molar-refractivity contribution is 5.17. The molecule has 6 nitrogen and oxygen atoms in total. The van der Waals surface area contributed by atoms with Crippen molar-refractivity contribution >= 4 is 0 Å². The lowest BCUT2D eigenvalue weighted by Gasteiger charge is -2.48. The Morgan fingerprint density at radius 2 is 2.10 bits per heavy atom. The van der Waals surface area contributed by atoms with E-state index in [0.29, 0.717) is 0 Å². The smallest absolute Gasteiger partial charge is 0.0812 e. The number of nitrogens with one attached hydrogen (secondary N) is 1. The zero-order valence-corrected chi connectivity index (χ0v) is 12.9. The van der Waals surface area contributed by atoms with E-state index in [1.54, 1.807) is 0 Å². The Morgan fingerprint density at radius 1 is 1.38 bits per heavy atom. The minimum absolute atomic E-state index is 0.103. The summed E-state index contributed by atoms with van der Waals surface area (Å²) in [6.07, 6.45) is 6.81. The number of nitrogens with zero attached hydrogens (tertiary/aromatic N) is 3.